The highest BCUT2D eigenvalue weighted by Crippen LogP contribution is 2.36. The van der Waals surface area contributed by atoms with E-state index in [0.29, 0.717) is 5.75 Å². The summed E-state index contributed by atoms with van der Waals surface area (Å²) in [6.07, 6.45) is 13.8. The first-order valence-electron chi connectivity index (χ1n) is 11.5. The van der Waals surface area contributed by atoms with Gasteiger partial charge in [-0.05, 0) is 18.9 Å². The van der Waals surface area contributed by atoms with Crippen LogP contribution in [0.25, 0.3) is 38.8 Å². The monoisotopic (exact) mass is 466 g/mol. The predicted molar refractivity (Wildman–Crippen MR) is 133 cm³/mol. The van der Waals surface area contributed by atoms with Gasteiger partial charge >= 0.3 is 5.69 Å². The zero-order chi connectivity index (χ0) is 24.1. The molecule has 0 aliphatic heterocycles. The van der Waals surface area contributed by atoms with Gasteiger partial charge in [0.05, 0.1) is 54.0 Å². The van der Waals surface area contributed by atoms with Crippen molar-refractivity contribution in [2.75, 3.05) is 7.11 Å². The molecule has 0 N–H and O–H groups in total. The van der Waals surface area contributed by atoms with Crippen molar-refractivity contribution in [3.8, 4) is 34.4 Å². The number of ether oxygens (including phenoxy) is 1. The second-order valence-electron chi connectivity index (χ2n) is 8.77. The summed E-state index contributed by atoms with van der Waals surface area (Å²) in [6, 6.07) is 4.14. The van der Waals surface area contributed by atoms with Gasteiger partial charge in [-0.2, -0.15) is 10.2 Å². The van der Waals surface area contributed by atoms with Crippen molar-refractivity contribution in [3.05, 3.63) is 60.0 Å². The lowest BCUT2D eigenvalue weighted by molar-refractivity contribution is 0.417. The van der Waals surface area contributed by atoms with Crippen molar-refractivity contribution < 1.29 is 4.74 Å². The number of aryl methyl sites for hydroxylation is 2. The Morgan fingerprint density at radius 2 is 2.00 bits per heavy atom. The molecule has 0 saturated carbocycles. The fourth-order valence-electron chi connectivity index (χ4n) is 4.80. The normalized spacial score (nSPS) is 14.3. The Hall–Kier alpha value is -4.32. The summed E-state index contributed by atoms with van der Waals surface area (Å²) in [5.41, 5.74) is 4.65. The van der Waals surface area contributed by atoms with Crippen LogP contribution in [0.2, 0.25) is 0 Å². The molecular formula is C26H24N7O2. The first-order valence-corrected chi connectivity index (χ1v) is 11.5. The highest BCUT2D eigenvalue weighted by atomic mass is 16.5. The summed E-state index contributed by atoms with van der Waals surface area (Å²) >= 11 is 0. The summed E-state index contributed by atoms with van der Waals surface area (Å²) in [5, 5.41) is 9.78. The number of hydrogen-bond acceptors (Lipinski definition) is 5. The fraction of sp³-hybridized carbons (Fsp3) is 0.269. The number of pyridine rings is 1. The third kappa shape index (κ3) is 3.41. The molecule has 0 amide bonds. The highest BCUT2D eigenvalue weighted by molar-refractivity contribution is 6.05. The molecule has 1 unspecified atom stereocenters. The Bertz CT molecular complexity index is 1690. The Balaban J connectivity index is 1.58. The minimum atomic E-state index is -0.150. The van der Waals surface area contributed by atoms with Crippen molar-refractivity contribution in [1.29, 1.82) is 0 Å². The second-order valence-corrected chi connectivity index (χ2v) is 8.77. The highest BCUT2D eigenvalue weighted by Gasteiger charge is 2.21. The first-order chi connectivity index (χ1) is 17.0. The van der Waals surface area contributed by atoms with Crippen molar-refractivity contribution in [2.45, 2.75) is 25.3 Å². The number of nitrogens with zero attached hydrogens (tertiary/aromatic N) is 7. The molecule has 175 valence electrons. The lowest BCUT2D eigenvalue weighted by Crippen LogP contribution is -2.20. The molecule has 1 aliphatic rings. The summed E-state index contributed by atoms with van der Waals surface area (Å²) in [6.45, 7) is 0. The van der Waals surface area contributed by atoms with Crippen LogP contribution in [0.1, 0.15) is 25.3 Å². The number of methoxy groups -OCH3 is 1. The molecule has 0 fully saturated rings. The van der Waals surface area contributed by atoms with Gasteiger partial charge < -0.3 is 4.74 Å². The van der Waals surface area contributed by atoms with Crippen LogP contribution in [0.5, 0.6) is 5.75 Å². The Morgan fingerprint density at radius 1 is 1.11 bits per heavy atom. The Morgan fingerprint density at radius 3 is 2.80 bits per heavy atom. The maximum Gasteiger partial charge on any atom is 0.333 e. The molecule has 0 bridgehead atoms. The SMILES string of the molecule is COc1cc2ncc3c(c2cc1-c1cnn(C)c1)n(-c1cnn(C2C[CH]C#CCC2)c1)c(=O)n3C. The molecule has 5 aromatic rings. The molecule has 4 aromatic heterocycles. The topological polar surface area (TPSA) is 84.7 Å². The van der Waals surface area contributed by atoms with E-state index >= 15 is 0 Å². The van der Waals surface area contributed by atoms with E-state index in [1.165, 1.54) is 0 Å². The average molecular weight is 467 g/mol. The van der Waals surface area contributed by atoms with Crippen molar-refractivity contribution in [3.63, 3.8) is 0 Å². The molecule has 1 aromatic carbocycles. The maximum absolute atomic E-state index is 13.5. The van der Waals surface area contributed by atoms with Crippen molar-refractivity contribution in [2.24, 2.45) is 14.1 Å². The van der Waals surface area contributed by atoms with Gasteiger partial charge in [0.25, 0.3) is 0 Å². The number of rotatable bonds is 4. The molecule has 0 spiro atoms. The standard InChI is InChI=1S/C26H24N7O2/c1-30-15-17(12-28-30)20-10-21-22(11-24(20)35-3)27-14-23-25(21)33(26(34)31(23)2)19-13-29-32(16-19)18-8-6-4-5-7-9-18/h6,10-16,18H,7-9H2,1-3H3. The number of fused-ring (bicyclic) bond motifs is 3. The summed E-state index contributed by atoms with van der Waals surface area (Å²) in [4.78, 5) is 18.1. The van der Waals surface area contributed by atoms with Crippen molar-refractivity contribution in [1.82, 2.24) is 33.7 Å². The molecule has 1 radical (unpaired) electrons. The van der Waals surface area contributed by atoms with Crippen LogP contribution in [0.15, 0.2) is 47.9 Å². The zero-order valence-corrected chi connectivity index (χ0v) is 19.8. The molecule has 6 rings (SSSR count). The van der Waals surface area contributed by atoms with Gasteiger partial charge in [0.2, 0.25) is 0 Å². The van der Waals surface area contributed by atoms with Crippen LogP contribution in [0.4, 0.5) is 0 Å². The quantitative estimate of drug-likeness (QED) is 0.379. The van der Waals surface area contributed by atoms with Crippen LogP contribution in [-0.2, 0) is 14.1 Å². The number of hydrogen-bond donors (Lipinski definition) is 0. The molecule has 35 heavy (non-hydrogen) atoms. The van der Waals surface area contributed by atoms with Crippen LogP contribution in [0, 0.1) is 18.3 Å². The van der Waals surface area contributed by atoms with Gasteiger partial charge in [0.15, 0.2) is 0 Å². The number of benzene rings is 1. The Kier molecular flexibility index (Phi) is 4.95. The largest absolute Gasteiger partial charge is 0.496 e. The van der Waals surface area contributed by atoms with Gasteiger partial charge in [0, 0.05) is 61.9 Å². The van der Waals surface area contributed by atoms with Gasteiger partial charge in [0.1, 0.15) is 5.75 Å². The molecule has 9 nitrogen and oxygen atoms in total. The zero-order valence-electron chi connectivity index (χ0n) is 19.8. The molecule has 1 aliphatic carbocycles. The van der Waals surface area contributed by atoms with Crippen LogP contribution < -0.4 is 10.4 Å². The van der Waals surface area contributed by atoms with E-state index in [-0.39, 0.29) is 11.7 Å². The van der Waals surface area contributed by atoms with E-state index in [9.17, 15) is 4.79 Å². The van der Waals surface area contributed by atoms with Crippen LogP contribution in [0.3, 0.4) is 0 Å². The third-order valence-electron chi connectivity index (χ3n) is 6.64. The van der Waals surface area contributed by atoms with Gasteiger partial charge in [-0.3, -0.25) is 23.5 Å². The fourth-order valence-corrected chi connectivity index (χ4v) is 4.80. The number of aromatic nitrogens is 7. The molecule has 1 atom stereocenters. The second kappa shape index (κ2) is 8.17. The minimum absolute atomic E-state index is 0.150. The molecular weight excluding hydrogens is 442 g/mol. The van der Waals surface area contributed by atoms with E-state index in [2.05, 4.69) is 27.0 Å². The van der Waals surface area contributed by atoms with E-state index in [1.54, 1.807) is 46.6 Å². The minimum Gasteiger partial charge on any atom is -0.496 e. The van der Waals surface area contributed by atoms with E-state index in [0.717, 1.165) is 58.0 Å². The van der Waals surface area contributed by atoms with Crippen molar-refractivity contribution >= 4 is 21.9 Å². The molecule has 4 heterocycles. The average Bonchev–Trinajstić information content (AvgIpc) is 3.51. The summed E-state index contributed by atoms with van der Waals surface area (Å²) in [7, 11) is 5.28. The third-order valence-corrected chi connectivity index (χ3v) is 6.64. The van der Waals surface area contributed by atoms with E-state index < -0.39 is 0 Å². The van der Waals surface area contributed by atoms with Gasteiger partial charge in [-0.15, -0.1) is 5.92 Å². The molecule has 0 saturated heterocycles. The van der Waals surface area contributed by atoms with E-state index in [4.69, 9.17) is 4.74 Å². The predicted octanol–water partition coefficient (Wildman–Crippen LogP) is 3.42. The lowest BCUT2D eigenvalue weighted by atomic mass is 10.0. The maximum atomic E-state index is 13.5. The number of imidazole rings is 1. The first kappa shape index (κ1) is 21.2. The van der Waals surface area contributed by atoms with Crippen LogP contribution in [-0.4, -0.2) is 40.8 Å². The lowest BCUT2D eigenvalue weighted by Gasteiger charge is -2.13. The smallest absolute Gasteiger partial charge is 0.333 e. The molecule has 9 heteroatoms. The summed E-state index contributed by atoms with van der Waals surface area (Å²) in [5.74, 6) is 6.91. The van der Waals surface area contributed by atoms with Gasteiger partial charge in [-0.1, -0.05) is 5.92 Å². The summed E-state index contributed by atoms with van der Waals surface area (Å²) < 4.78 is 12.7. The Labute approximate surface area is 201 Å². The van der Waals surface area contributed by atoms with E-state index in [1.807, 2.05) is 42.7 Å². The van der Waals surface area contributed by atoms with Crippen LogP contribution >= 0.6 is 0 Å². The van der Waals surface area contributed by atoms with Gasteiger partial charge in [-0.25, -0.2) is 4.79 Å².